The third kappa shape index (κ3) is 3.35. The van der Waals surface area contributed by atoms with E-state index < -0.39 is 0 Å². The van der Waals surface area contributed by atoms with Crippen molar-refractivity contribution in [2.24, 2.45) is 5.41 Å². The molecule has 5 heteroatoms. The van der Waals surface area contributed by atoms with Crippen LogP contribution >= 0.6 is 0 Å². The Morgan fingerprint density at radius 3 is 2.79 bits per heavy atom. The Labute approximate surface area is 114 Å². The maximum absolute atomic E-state index is 12.1. The van der Waals surface area contributed by atoms with Gasteiger partial charge < -0.3 is 15.0 Å². The predicted molar refractivity (Wildman–Crippen MR) is 72.6 cm³/mol. The average molecular weight is 265 g/mol. The molecule has 1 heterocycles. The topological polar surface area (TPSA) is 67.2 Å². The highest BCUT2D eigenvalue weighted by Crippen LogP contribution is 2.35. The average Bonchev–Trinajstić information content (AvgIpc) is 2.99. The van der Waals surface area contributed by atoms with Crippen molar-refractivity contribution in [3.05, 3.63) is 18.7 Å². The van der Waals surface area contributed by atoms with Crippen LogP contribution in [0, 0.1) is 5.41 Å². The molecule has 1 amide bonds. The molecule has 1 aliphatic carbocycles. The number of carbonyl (C=O) groups excluding carboxylic acids is 1. The molecule has 106 valence electrons. The van der Waals surface area contributed by atoms with Crippen molar-refractivity contribution in [1.82, 2.24) is 14.9 Å². The fraction of sp³-hybridized carbons (Fsp3) is 0.714. The van der Waals surface area contributed by atoms with Gasteiger partial charge in [0.25, 0.3) is 0 Å². The molecule has 1 aromatic heterocycles. The number of aliphatic hydroxyl groups is 1. The van der Waals surface area contributed by atoms with E-state index >= 15 is 0 Å². The molecular weight excluding hydrogens is 242 g/mol. The lowest BCUT2D eigenvalue weighted by Gasteiger charge is -2.36. The van der Waals surface area contributed by atoms with Crippen LogP contribution in [0.4, 0.5) is 0 Å². The Kier molecular flexibility index (Phi) is 4.58. The first-order valence-electron chi connectivity index (χ1n) is 7.03. The van der Waals surface area contributed by atoms with Crippen molar-refractivity contribution >= 4 is 5.91 Å². The van der Waals surface area contributed by atoms with Crippen LogP contribution in [0.1, 0.15) is 45.1 Å². The van der Waals surface area contributed by atoms with Crippen molar-refractivity contribution in [2.75, 3.05) is 13.2 Å². The summed E-state index contributed by atoms with van der Waals surface area (Å²) in [6.07, 6.45) is 10.6. The van der Waals surface area contributed by atoms with E-state index in [4.69, 9.17) is 0 Å². The predicted octanol–water partition coefficient (Wildman–Crippen LogP) is 1.50. The molecule has 5 nitrogen and oxygen atoms in total. The van der Waals surface area contributed by atoms with Gasteiger partial charge in [0.15, 0.2) is 0 Å². The van der Waals surface area contributed by atoms with Gasteiger partial charge >= 0.3 is 0 Å². The highest BCUT2D eigenvalue weighted by atomic mass is 16.3. The van der Waals surface area contributed by atoms with Gasteiger partial charge in [0.1, 0.15) is 6.04 Å². The zero-order chi connectivity index (χ0) is 13.7. The summed E-state index contributed by atoms with van der Waals surface area (Å²) in [5.41, 5.74) is -0.109. The van der Waals surface area contributed by atoms with Crippen molar-refractivity contribution in [3.8, 4) is 0 Å². The summed E-state index contributed by atoms with van der Waals surface area (Å²) in [5.74, 6) is -0.0172. The van der Waals surface area contributed by atoms with Crippen LogP contribution in [0.15, 0.2) is 18.7 Å². The Hall–Kier alpha value is -1.36. The minimum Gasteiger partial charge on any atom is -0.396 e. The second-order valence-corrected chi connectivity index (χ2v) is 5.62. The van der Waals surface area contributed by atoms with Gasteiger partial charge in [0.2, 0.25) is 5.91 Å². The number of rotatable bonds is 5. The van der Waals surface area contributed by atoms with E-state index in [1.165, 1.54) is 6.42 Å². The van der Waals surface area contributed by atoms with E-state index in [-0.39, 0.29) is 24.0 Å². The van der Waals surface area contributed by atoms with Gasteiger partial charge in [0.05, 0.1) is 12.9 Å². The zero-order valence-electron chi connectivity index (χ0n) is 11.5. The van der Waals surface area contributed by atoms with E-state index in [2.05, 4.69) is 10.3 Å². The number of imidazole rings is 1. The van der Waals surface area contributed by atoms with Gasteiger partial charge in [-0.1, -0.05) is 19.3 Å². The molecule has 19 heavy (non-hydrogen) atoms. The minimum absolute atomic E-state index is 0.0172. The van der Waals surface area contributed by atoms with Crippen LogP contribution < -0.4 is 5.32 Å². The molecule has 1 fully saturated rings. The lowest BCUT2D eigenvalue weighted by atomic mass is 9.74. The highest BCUT2D eigenvalue weighted by Gasteiger charge is 2.32. The van der Waals surface area contributed by atoms with E-state index in [0.29, 0.717) is 6.54 Å². The van der Waals surface area contributed by atoms with Crippen molar-refractivity contribution in [3.63, 3.8) is 0 Å². The summed E-state index contributed by atoms with van der Waals surface area (Å²) in [5, 5.41) is 12.6. The Morgan fingerprint density at radius 1 is 1.47 bits per heavy atom. The van der Waals surface area contributed by atoms with E-state index in [9.17, 15) is 9.90 Å². The maximum atomic E-state index is 12.1. The molecular formula is C14H23N3O2. The van der Waals surface area contributed by atoms with Crippen LogP contribution in [0.5, 0.6) is 0 Å². The number of aliphatic hydroxyl groups excluding tert-OH is 1. The Balaban J connectivity index is 1.88. The number of hydrogen-bond acceptors (Lipinski definition) is 3. The van der Waals surface area contributed by atoms with Gasteiger partial charge in [-0.15, -0.1) is 0 Å². The number of carbonyl (C=O) groups is 1. The monoisotopic (exact) mass is 265 g/mol. The summed E-state index contributed by atoms with van der Waals surface area (Å²) in [6, 6.07) is -0.262. The smallest absolute Gasteiger partial charge is 0.242 e. The van der Waals surface area contributed by atoms with Gasteiger partial charge in [-0.05, 0) is 19.8 Å². The number of aromatic nitrogens is 2. The van der Waals surface area contributed by atoms with E-state index in [0.717, 1.165) is 25.7 Å². The summed E-state index contributed by atoms with van der Waals surface area (Å²) in [4.78, 5) is 16.0. The van der Waals surface area contributed by atoms with Gasteiger partial charge in [-0.2, -0.15) is 0 Å². The second-order valence-electron chi connectivity index (χ2n) is 5.62. The Morgan fingerprint density at radius 2 is 2.21 bits per heavy atom. The van der Waals surface area contributed by atoms with Crippen LogP contribution in [0.3, 0.4) is 0 Å². The third-order valence-corrected chi connectivity index (χ3v) is 4.24. The van der Waals surface area contributed by atoms with Crippen molar-refractivity contribution in [1.29, 1.82) is 0 Å². The molecule has 0 spiro atoms. The number of nitrogens with zero attached hydrogens (tertiary/aromatic N) is 2. The molecule has 0 aromatic carbocycles. The van der Waals surface area contributed by atoms with Gasteiger partial charge in [-0.25, -0.2) is 4.98 Å². The van der Waals surface area contributed by atoms with Crippen LogP contribution in [-0.2, 0) is 4.79 Å². The fourth-order valence-electron chi connectivity index (χ4n) is 2.75. The van der Waals surface area contributed by atoms with Gasteiger partial charge in [-0.3, -0.25) is 4.79 Å². The molecule has 1 saturated carbocycles. The molecule has 1 aromatic rings. The molecule has 2 N–H and O–H groups in total. The summed E-state index contributed by atoms with van der Waals surface area (Å²) in [6.45, 7) is 2.58. The van der Waals surface area contributed by atoms with E-state index in [1.54, 1.807) is 23.3 Å². The normalized spacial score (nSPS) is 19.9. The molecule has 2 rings (SSSR count). The lowest BCUT2D eigenvalue weighted by Crippen LogP contribution is -2.43. The molecule has 0 unspecified atom stereocenters. The first-order chi connectivity index (χ1) is 9.17. The SMILES string of the molecule is C[C@@H](C(=O)NCC1(CO)CCCCC1)n1ccnc1. The van der Waals surface area contributed by atoms with E-state index in [1.807, 2.05) is 6.92 Å². The first kappa shape index (κ1) is 14.1. The lowest BCUT2D eigenvalue weighted by molar-refractivity contribution is -0.124. The third-order valence-electron chi connectivity index (χ3n) is 4.24. The van der Waals surface area contributed by atoms with Crippen molar-refractivity contribution in [2.45, 2.75) is 45.1 Å². The minimum atomic E-state index is -0.262. The number of amides is 1. The van der Waals surface area contributed by atoms with Crippen LogP contribution in [0.25, 0.3) is 0 Å². The molecule has 0 radical (unpaired) electrons. The van der Waals surface area contributed by atoms with Crippen LogP contribution in [0.2, 0.25) is 0 Å². The summed E-state index contributed by atoms with van der Waals surface area (Å²) < 4.78 is 1.78. The molecule has 1 aliphatic rings. The highest BCUT2D eigenvalue weighted by molar-refractivity contribution is 5.79. The Bertz CT molecular complexity index is 397. The summed E-state index contributed by atoms with van der Waals surface area (Å²) >= 11 is 0. The molecule has 0 aliphatic heterocycles. The fourth-order valence-corrected chi connectivity index (χ4v) is 2.75. The molecule has 0 bridgehead atoms. The molecule has 1 atom stereocenters. The van der Waals surface area contributed by atoms with Gasteiger partial charge in [0, 0.05) is 24.4 Å². The van der Waals surface area contributed by atoms with Crippen molar-refractivity contribution < 1.29 is 9.90 Å². The standard InChI is InChI=1S/C14H23N3O2/c1-12(17-8-7-15-11-17)13(19)16-9-14(10-18)5-3-2-4-6-14/h7-8,11-12,18H,2-6,9-10H2,1H3,(H,16,19)/t12-/m0/s1. The second kappa shape index (κ2) is 6.19. The first-order valence-corrected chi connectivity index (χ1v) is 7.03. The quantitative estimate of drug-likeness (QED) is 0.848. The number of hydrogen-bond donors (Lipinski definition) is 2. The largest absolute Gasteiger partial charge is 0.396 e. The maximum Gasteiger partial charge on any atom is 0.242 e. The summed E-state index contributed by atoms with van der Waals surface area (Å²) in [7, 11) is 0. The van der Waals surface area contributed by atoms with Crippen LogP contribution in [-0.4, -0.2) is 33.7 Å². The molecule has 0 saturated heterocycles. The number of nitrogens with one attached hydrogen (secondary N) is 1. The zero-order valence-corrected chi connectivity index (χ0v) is 11.5.